The van der Waals surface area contributed by atoms with Gasteiger partial charge in [0.2, 0.25) is 10.0 Å². The number of aryl methyl sites for hydroxylation is 1. The van der Waals surface area contributed by atoms with Crippen molar-refractivity contribution in [3.8, 4) is 0 Å². The maximum atomic E-state index is 12.4. The van der Waals surface area contributed by atoms with Crippen LogP contribution in [0, 0.1) is 0 Å². The molecule has 1 aliphatic heterocycles. The Morgan fingerprint density at radius 2 is 1.92 bits per heavy atom. The topological polar surface area (TPSA) is 66.5 Å². The number of fused-ring (bicyclic) bond motifs is 1. The number of amides is 1. The number of benzene rings is 2. The van der Waals surface area contributed by atoms with Gasteiger partial charge < -0.3 is 5.32 Å². The average molecular weight is 379 g/mol. The van der Waals surface area contributed by atoms with E-state index in [0.29, 0.717) is 28.5 Å². The van der Waals surface area contributed by atoms with Crippen LogP contribution in [0.4, 0.5) is 11.4 Å². The predicted molar refractivity (Wildman–Crippen MR) is 101 cm³/mol. The van der Waals surface area contributed by atoms with Crippen molar-refractivity contribution in [2.24, 2.45) is 0 Å². The lowest BCUT2D eigenvalue weighted by Crippen LogP contribution is -2.36. The Balaban J connectivity index is 1.85. The maximum Gasteiger partial charge on any atom is 0.255 e. The van der Waals surface area contributed by atoms with Crippen molar-refractivity contribution >= 4 is 38.9 Å². The quantitative estimate of drug-likeness (QED) is 0.882. The number of rotatable bonds is 4. The average Bonchev–Trinajstić information content (AvgIpc) is 2.62. The molecule has 0 saturated carbocycles. The van der Waals surface area contributed by atoms with Gasteiger partial charge in [0.25, 0.3) is 5.91 Å². The van der Waals surface area contributed by atoms with Crippen molar-refractivity contribution in [1.82, 2.24) is 0 Å². The molecule has 0 atom stereocenters. The predicted octanol–water partition coefficient (Wildman–Crippen LogP) is 3.69. The second-order valence-electron chi connectivity index (χ2n) is 5.88. The van der Waals surface area contributed by atoms with Crippen LogP contribution >= 0.6 is 11.6 Å². The molecule has 1 amide bonds. The third-order valence-electron chi connectivity index (χ3n) is 4.22. The fourth-order valence-electron chi connectivity index (χ4n) is 2.89. The summed E-state index contributed by atoms with van der Waals surface area (Å²) in [6.07, 6.45) is 1.50. The molecule has 0 aliphatic carbocycles. The minimum Gasteiger partial charge on any atom is -0.322 e. The van der Waals surface area contributed by atoms with Crippen LogP contribution in [-0.4, -0.2) is 26.6 Å². The van der Waals surface area contributed by atoms with E-state index in [-0.39, 0.29) is 11.7 Å². The van der Waals surface area contributed by atoms with E-state index in [4.69, 9.17) is 11.6 Å². The second-order valence-corrected chi connectivity index (χ2v) is 8.50. The number of halogens is 1. The zero-order chi connectivity index (χ0) is 18.0. The van der Waals surface area contributed by atoms with Crippen LogP contribution in [0.25, 0.3) is 0 Å². The van der Waals surface area contributed by atoms with Gasteiger partial charge in [-0.1, -0.05) is 11.6 Å². The SMILES string of the molecule is CCS(=O)(=O)N1CCCc2cc(C(=O)Nc3ccc(Cl)cc3)ccc21. The zero-order valence-corrected chi connectivity index (χ0v) is 15.4. The number of sulfonamides is 1. The highest BCUT2D eigenvalue weighted by Gasteiger charge is 2.26. The van der Waals surface area contributed by atoms with Gasteiger partial charge in [-0.25, -0.2) is 8.42 Å². The minimum absolute atomic E-state index is 0.0608. The molecule has 1 N–H and O–H groups in total. The van der Waals surface area contributed by atoms with Crippen LogP contribution in [0.2, 0.25) is 5.02 Å². The van der Waals surface area contributed by atoms with Gasteiger partial charge in [0.15, 0.2) is 0 Å². The first-order chi connectivity index (χ1) is 11.9. The van der Waals surface area contributed by atoms with Crippen molar-refractivity contribution in [2.75, 3.05) is 21.9 Å². The fourth-order valence-corrected chi connectivity index (χ4v) is 4.21. The van der Waals surface area contributed by atoms with E-state index >= 15 is 0 Å². The smallest absolute Gasteiger partial charge is 0.255 e. The molecule has 2 aromatic carbocycles. The van der Waals surface area contributed by atoms with Crippen LogP contribution in [0.1, 0.15) is 29.3 Å². The summed E-state index contributed by atoms with van der Waals surface area (Å²) < 4.78 is 25.9. The lowest BCUT2D eigenvalue weighted by atomic mass is 10.0. The van der Waals surface area contributed by atoms with Crippen LogP contribution in [-0.2, 0) is 16.4 Å². The Labute approximate surface area is 152 Å². The molecule has 3 rings (SSSR count). The molecule has 25 heavy (non-hydrogen) atoms. The number of carbonyl (C=O) groups excluding carboxylic acids is 1. The van der Waals surface area contributed by atoms with Gasteiger partial charge in [0.1, 0.15) is 0 Å². The number of nitrogens with one attached hydrogen (secondary N) is 1. The van der Waals surface area contributed by atoms with E-state index in [1.165, 1.54) is 4.31 Å². The molecule has 132 valence electrons. The van der Waals surface area contributed by atoms with Gasteiger partial charge in [-0.3, -0.25) is 9.10 Å². The monoisotopic (exact) mass is 378 g/mol. The van der Waals surface area contributed by atoms with Crippen molar-refractivity contribution in [3.63, 3.8) is 0 Å². The highest BCUT2D eigenvalue weighted by atomic mass is 35.5. The molecule has 0 radical (unpaired) electrons. The van der Waals surface area contributed by atoms with Gasteiger partial charge in [0.05, 0.1) is 11.4 Å². The molecule has 5 nitrogen and oxygen atoms in total. The Kier molecular flexibility index (Phi) is 5.01. The molecule has 0 saturated heterocycles. The molecular weight excluding hydrogens is 360 g/mol. The van der Waals surface area contributed by atoms with Crippen LogP contribution in [0.3, 0.4) is 0 Å². The summed E-state index contributed by atoms with van der Waals surface area (Å²) in [5.74, 6) is -0.175. The molecule has 0 fully saturated rings. The van der Waals surface area contributed by atoms with Gasteiger partial charge in [-0.05, 0) is 67.8 Å². The zero-order valence-electron chi connectivity index (χ0n) is 13.8. The fraction of sp³-hybridized carbons (Fsp3) is 0.278. The largest absolute Gasteiger partial charge is 0.322 e. The summed E-state index contributed by atoms with van der Waals surface area (Å²) in [6, 6.07) is 12.0. The van der Waals surface area contributed by atoms with Crippen molar-refractivity contribution in [2.45, 2.75) is 19.8 Å². The summed E-state index contributed by atoms with van der Waals surface area (Å²) >= 11 is 5.84. The second kappa shape index (κ2) is 7.06. The minimum atomic E-state index is -3.30. The van der Waals surface area contributed by atoms with Gasteiger partial charge in [-0.2, -0.15) is 0 Å². The molecular formula is C18H19ClN2O3S. The van der Waals surface area contributed by atoms with E-state index in [1.807, 2.05) is 0 Å². The lowest BCUT2D eigenvalue weighted by molar-refractivity contribution is 0.102. The standard InChI is InChI=1S/C18H19ClN2O3S/c1-2-25(23,24)21-11-3-4-13-12-14(5-10-17(13)21)18(22)20-16-8-6-15(19)7-9-16/h5-10,12H,2-4,11H2,1H3,(H,20,22). The number of hydrogen-bond donors (Lipinski definition) is 1. The third kappa shape index (κ3) is 3.80. The number of hydrogen-bond acceptors (Lipinski definition) is 3. The Bertz CT molecular complexity index is 895. The molecule has 0 spiro atoms. The van der Waals surface area contributed by atoms with E-state index < -0.39 is 10.0 Å². The first-order valence-electron chi connectivity index (χ1n) is 8.11. The summed E-state index contributed by atoms with van der Waals surface area (Å²) in [6.45, 7) is 2.12. The number of carbonyl (C=O) groups is 1. The highest BCUT2D eigenvalue weighted by Crippen LogP contribution is 2.30. The van der Waals surface area contributed by atoms with Gasteiger partial charge in [-0.15, -0.1) is 0 Å². The van der Waals surface area contributed by atoms with Crippen LogP contribution in [0.5, 0.6) is 0 Å². The van der Waals surface area contributed by atoms with E-state index in [1.54, 1.807) is 49.4 Å². The maximum absolute atomic E-state index is 12.4. The normalized spacial score (nSPS) is 14.1. The molecule has 0 bridgehead atoms. The van der Waals surface area contributed by atoms with Crippen molar-refractivity contribution in [1.29, 1.82) is 0 Å². The molecule has 2 aromatic rings. The first kappa shape index (κ1) is 17.8. The Hall–Kier alpha value is -2.05. The van der Waals surface area contributed by atoms with Crippen molar-refractivity contribution < 1.29 is 13.2 Å². The Morgan fingerprint density at radius 3 is 2.60 bits per heavy atom. The molecule has 0 aromatic heterocycles. The molecule has 0 unspecified atom stereocenters. The number of nitrogens with zero attached hydrogens (tertiary/aromatic N) is 1. The summed E-state index contributed by atoms with van der Waals surface area (Å²) in [4.78, 5) is 12.4. The highest BCUT2D eigenvalue weighted by molar-refractivity contribution is 7.92. The third-order valence-corrected chi connectivity index (χ3v) is 6.25. The van der Waals surface area contributed by atoms with Crippen molar-refractivity contribution in [3.05, 3.63) is 58.6 Å². The summed E-state index contributed by atoms with van der Waals surface area (Å²) in [7, 11) is -3.30. The molecule has 1 aliphatic rings. The van der Waals surface area contributed by atoms with E-state index in [9.17, 15) is 13.2 Å². The molecule has 1 heterocycles. The van der Waals surface area contributed by atoms with Crippen LogP contribution in [0.15, 0.2) is 42.5 Å². The van der Waals surface area contributed by atoms with E-state index in [2.05, 4.69) is 5.32 Å². The van der Waals surface area contributed by atoms with E-state index in [0.717, 1.165) is 18.4 Å². The van der Waals surface area contributed by atoms with Crippen LogP contribution < -0.4 is 9.62 Å². The summed E-state index contributed by atoms with van der Waals surface area (Å²) in [5.41, 5.74) is 2.72. The molecule has 7 heteroatoms. The first-order valence-corrected chi connectivity index (χ1v) is 10.1. The lowest BCUT2D eigenvalue weighted by Gasteiger charge is -2.30. The summed E-state index contributed by atoms with van der Waals surface area (Å²) in [5, 5.41) is 3.42. The Morgan fingerprint density at radius 1 is 1.20 bits per heavy atom. The van der Waals surface area contributed by atoms with Gasteiger partial charge >= 0.3 is 0 Å². The number of anilines is 2. The van der Waals surface area contributed by atoms with Gasteiger partial charge in [0, 0.05) is 22.8 Å².